The largest absolute Gasteiger partial charge is 0.481 e. The molecule has 1 rings (SSSR count). The van der Waals surface area contributed by atoms with Gasteiger partial charge in [-0.3, -0.25) is 9.59 Å². The zero-order valence-corrected chi connectivity index (χ0v) is 8.83. The van der Waals surface area contributed by atoms with Crippen molar-refractivity contribution in [3.05, 3.63) is 11.6 Å². The molecular formula is C11H16O3. The molecule has 0 aromatic rings. The molecule has 0 spiro atoms. The first-order valence-electron chi connectivity index (χ1n) is 4.76. The van der Waals surface area contributed by atoms with Crippen LogP contribution in [-0.4, -0.2) is 16.9 Å². The van der Waals surface area contributed by atoms with Crippen LogP contribution in [0.4, 0.5) is 0 Å². The lowest BCUT2D eigenvalue weighted by atomic mass is 9.67. The number of carboxylic acid groups (broad SMARTS) is 1. The quantitative estimate of drug-likeness (QED) is 0.735. The Balaban J connectivity index is 2.94. The van der Waals surface area contributed by atoms with E-state index in [4.69, 9.17) is 5.11 Å². The lowest BCUT2D eigenvalue weighted by Gasteiger charge is -2.36. The normalized spacial score (nSPS) is 25.8. The third kappa shape index (κ3) is 2.22. The summed E-state index contributed by atoms with van der Waals surface area (Å²) >= 11 is 0. The lowest BCUT2D eigenvalue weighted by Crippen LogP contribution is -2.33. The number of rotatable bonds is 2. The van der Waals surface area contributed by atoms with Gasteiger partial charge >= 0.3 is 5.97 Å². The molecule has 0 radical (unpaired) electrons. The molecule has 0 saturated heterocycles. The summed E-state index contributed by atoms with van der Waals surface area (Å²) in [4.78, 5) is 22.0. The topological polar surface area (TPSA) is 54.4 Å². The van der Waals surface area contributed by atoms with Crippen molar-refractivity contribution in [3.8, 4) is 0 Å². The fraction of sp³-hybridized carbons (Fsp3) is 0.636. The van der Waals surface area contributed by atoms with E-state index in [9.17, 15) is 9.59 Å². The van der Waals surface area contributed by atoms with E-state index in [0.29, 0.717) is 6.42 Å². The number of carboxylic acids is 1. The van der Waals surface area contributed by atoms with Gasteiger partial charge < -0.3 is 5.11 Å². The van der Waals surface area contributed by atoms with E-state index in [0.717, 1.165) is 5.57 Å². The van der Waals surface area contributed by atoms with Gasteiger partial charge in [0.1, 0.15) is 0 Å². The molecule has 3 nitrogen and oxygen atoms in total. The van der Waals surface area contributed by atoms with Crippen molar-refractivity contribution in [2.24, 2.45) is 11.3 Å². The van der Waals surface area contributed by atoms with E-state index in [-0.39, 0.29) is 23.5 Å². The van der Waals surface area contributed by atoms with Gasteiger partial charge in [-0.15, -0.1) is 0 Å². The maximum Gasteiger partial charge on any atom is 0.303 e. The Hall–Kier alpha value is -1.12. The van der Waals surface area contributed by atoms with E-state index in [2.05, 4.69) is 0 Å². The zero-order valence-electron chi connectivity index (χ0n) is 8.83. The first-order valence-corrected chi connectivity index (χ1v) is 4.76. The molecule has 0 aromatic heterocycles. The Morgan fingerprint density at radius 2 is 2.21 bits per heavy atom. The molecule has 0 unspecified atom stereocenters. The van der Waals surface area contributed by atoms with Crippen LogP contribution in [0.25, 0.3) is 0 Å². The summed E-state index contributed by atoms with van der Waals surface area (Å²) in [5, 5.41) is 8.77. The number of allylic oxidation sites excluding steroid dienone is 2. The third-order valence-electron chi connectivity index (χ3n) is 2.89. The van der Waals surface area contributed by atoms with E-state index >= 15 is 0 Å². The van der Waals surface area contributed by atoms with Gasteiger partial charge in [0.25, 0.3) is 0 Å². The van der Waals surface area contributed by atoms with Crippen LogP contribution in [-0.2, 0) is 9.59 Å². The average Bonchev–Trinajstić information content (AvgIpc) is 1.95. The van der Waals surface area contributed by atoms with Crippen molar-refractivity contribution < 1.29 is 14.7 Å². The zero-order chi connectivity index (χ0) is 10.9. The van der Waals surface area contributed by atoms with Gasteiger partial charge in [-0.2, -0.15) is 0 Å². The second-order valence-corrected chi connectivity index (χ2v) is 4.67. The number of ketones is 1. The minimum atomic E-state index is -0.801. The van der Waals surface area contributed by atoms with Crippen LogP contribution in [0.3, 0.4) is 0 Å². The summed E-state index contributed by atoms with van der Waals surface area (Å²) in [6.07, 6.45) is 2.14. The molecule has 0 aliphatic heterocycles. The minimum Gasteiger partial charge on any atom is -0.481 e. The van der Waals surface area contributed by atoms with Crippen LogP contribution in [0.2, 0.25) is 0 Å². The van der Waals surface area contributed by atoms with E-state index in [1.807, 2.05) is 20.8 Å². The Morgan fingerprint density at radius 1 is 1.64 bits per heavy atom. The number of hydrogen-bond acceptors (Lipinski definition) is 2. The van der Waals surface area contributed by atoms with Crippen LogP contribution in [0, 0.1) is 11.3 Å². The first-order chi connectivity index (χ1) is 6.33. The summed E-state index contributed by atoms with van der Waals surface area (Å²) < 4.78 is 0. The second-order valence-electron chi connectivity index (χ2n) is 4.67. The fourth-order valence-electron chi connectivity index (χ4n) is 2.21. The molecule has 0 amide bonds. The number of aliphatic carboxylic acids is 1. The molecule has 1 aliphatic carbocycles. The SMILES string of the molecule is CC1=CC(=O)CC(C)(C)[C@H]1CC(=O)O. The number of hydrogen-bond donors (Lipinski definition) is 1. The summed E-state index contributed by atoms with van der Waals surface area (Å²) in [6.45, 7) is 5.75. The molecule has 0 saturated carbocycles. The highest BCUT2D eigenvalue weighted by molar-refractivity contribution is 5.92. The highest BCUT2D eigenvalue weighted by Gasteiger charge is 2.37. The lowest BCUT2D eigenvalue weighted by molar-refractivity contribution is -0.139. The van der Waals surface area contributed by atoms with Crippen molar-refractivity contribution in [3.63, 3.8) is 0 Å². The maximum atomic E-state index is 11.3. The van der Waals surface area contributed by atoms with Crippen LogP contribution in [0.5, 0.6) is 0 Å². The molecule has 1 atom stereocenters. The number of carbonyl (C=O) groups is 2. The predicted molar refractivity (Wildman–Crippen MR) is 52.9 cm³/mol. The smallest absolute Gasteiger partial charge is 0.303 e. The average molecular weight is 196 g/mol. The predicted octanol–water partition coefficient (Wildman–Crippen LogP) is 2.02. The summed E-state index contributed by atoms with van der Waals surface area (Å²) in [6, 6.07) is 0. The second kappa shape index (κ2) is 3.56. The maximum absolute atomic E-state index is 11.3. The summed E-state index contributed by atoms with van der Waals surface area (Å²) in [5.74, 6) is -0.711. The van der Waals surface area contributed by atoms with Gasteiger partial charge in [0.2, 0.25) is 0 Å². The molecule has 0 heterocycles. The molecular weight excluding hydrogens is 180 g/mol. The molecule has 0 bridgehead atoms. The monoisotopic (exact) mass is 196 g/mol. The van der Waals surface area contributed by atoms with Crippen molar-refractivity contribution in [2.45, 2.75) is 33.6 Å². The number of carbonyl (C=O) groups excluding carboxylic acids is 1. The van der Waals surface area contributed by atoms with Crippen molar-refractivity contribution in [1.82, 2.24) is 0 Å². The van der Waals surface area contributed by atoms with Crippen LogP contribution < -0.4 is 0 Å². The standard InChI is InChI=1S/C11H16O3/c1-7-4-8(12)6-11(2,3)9(7)5-10(13)14/h4,9H,5-6H2,1-3H3,(H,13,14)/t9-/m0/s1. The Labute approximate surface area is 83.8 Å². The molecule has 78 valence electrons. The third-order valence-corrected chi connectivity index (χ3v) is 2.89. The van der Waals surface area contributed by atoms with Crippen LogP contribution in [0.1, 0.15) is 33.6 Å². The van der Waals surface area contributed by atoms with Crippen molar-refractivity contribution in [2.75, 3.05) is 0 Å². The molecule has 3 heteroatoms. The molecule has 14 heavy (non-hydrogen) atoms. The van der Waals surface area contributed by atoms with Gasteiger partial charge in [0.05, 0.1) is 6.42 Å². The Morgan fingerprint density at radius 3 is 2.64 bits per heavy atom. The Kier molecular flexibility index (Phi) is 2.79. The highest BCUT2D eigenvalue weighted by atomic mass is 16.4. The molecule has 1 N–H and O–H groups in total. The van der Waals surface area contributed by atoms with Gasteiger partial charge in [0, 0.05) is 6.42 Å². The van der Waals surface area contributed by atoms with Gasteiger partial charge in [-0.05, 0) is 24.3 Å². The van der Waals surface area contributed by atoms with Gasteiger partial charge in [0.15, 0.2) is 5.78 Å². The van der Waals surface area contributed by atoms with Gasteiger partial charge in [-0.25, -0.2) is 0 Å². The van der Waals surface area contributed by atoms with Crippen LogP contribution in [0.15, 0.2) is 11.6 Å². The minimum absolute atomic E-state index is 0.0160. The molecule has 1 aliphatic rings. The van der Waals surface area contributed by atoms with Crippen molar-refractivity contribution in [1.29, 1.82) is 0 Å². The van der Waals surface area contributed by atoms with E-state index in [1.165, 1.54) is 0 Å². The highest BCUT2D eigenvalue weighted by Crippen LogP contribution is 2.41. The van der Waals surface area contributed by atoms with E-state index in [1.54, 1.807) is 6.08 Å². The first kappa shape index (κ1) is 11.0. The molecule has 0 fully saturated rings. The Bertz CT molecular complexity index is 300. The van der Waals surface area contributed by atoms with Crippen LogP contribution >= 0.6 is 0 Å². The van der Waals surface area contributed by atoms with Gasteiger partial charge in [-0.1, -0.05) is 19.4 Å². The van der Waals surface area contributed by atoms with E-state index < -0.39 is 5.97 Å². The summed E-state index contributed by atoms with van der Waals surface area (Å²) in [5.41, 5.74) is 0.669. The fourth-order valence-corrected chi connectivity index (χ4v) is 2.21. The van der Waals surface area contributed by atoms with Crippen molar-refractivity contribution >= 4 is 11.8 Å². The summed E-state index contributed by atoms with van der Waals surface area (Å²) in [7, 11) is 0. The molecule has 0 aromatic carbocycles.